The van der Waals surface area contributed by atoms with Crippen molar-refractivity contribution in [3.8, 4) is 5.75 Å². The van der Waals surface area contributed by atoms with Crippen molar-refractivity contribution in [3.05, 3.63) is 69.8 Å². The molecular formula is C39H57N3O8. The molecule has 0 unspecified atom stereocenters. The lowest BCUT2D eigenvalue weighted by Gasteiger charge is -2.40. The van der Waals surface area contributed by atoms with Crippen LogP contribution in [-0.4, -0.2) is 116 Å². The molecule has 6 N–H and O–H groups in total. The Morgan fingerprint density at radius 2 is 1.64 bits per heavy atom. The van der Waals surface area contributed by atoms with E-state index in [1.165, 1.54) is 0 Å². The molecule has 276 valence electrons. The van der Waals surface area contributed by atoms with Gasteiger partial charge in [-0.05, 0) is 93.5 Å². The number of phenolic OH excluding ortho intramolecular Hbond substituents is 1. The van der Waals surface area contributed by atoms with Crippen LogP contribution in [0, 0.1) is 12.3 Å². The van der Waals surface area contributed by atoms with Gasteiger partial charge in [0.2, 0.25) is 11.8 Å². The predicted molar refractivity (Wildman–Crippen MR) is 193 cm³/mol. The van der Waals surface area contributed by atoms with Gasteiger partial charge in [-0.3, -0.25) is 9.59 Å². The molecule has 11 heteroatoms. The molecule has 2 aliphatic rings. The van der Waals surface area contributed by atoms with Crippen LogP contribution < -0.4 is 5.32 Å². The maximum atomic E-state index is 13.4. The number of aliphatic hydroxyl groups excluding tert-OH is 4. The largest absolute Gasteiger partial charge is 0.508 e. The third-order valence-electron chi connectivity index (χ3n) is 10.2. The van der Waals surface area contributed by atoms with E-state index in [0.717, 1.165) is 47.5 Å². The molecule has 0 spiro atoms. The Hall–Kier alpha value is -3.32. The fraction of sp³-hybridized carbons (Fsp3) is 0.590. The van der Waals surface area contributed by atoms with Crippen molar-refractivity contribution in [2.45, 2.75) is 104 Å². The van der Waals surface area contributed by atoms with Gasteiger partial charge < -0.3 is 45.4 Å². The van der Waals surface area contributed by atoms with E-state index >= 15 is 0 Å². The first-order valence-corrected chi connectivity index (χ1v) is 17.7. The Morgan fingerprint density at radius 1 is 0.980 bits per heavy atom. The van der Waals surface area contributed by atoms with Crippen molar-refractivity contribution in [2.75, 3.05) is 39.3 Å². The van der Waals surface area contributed by atoms with E-state index in [9.17, 15) is 35.1 Å². The van der Waals surface area contributed by atoms with Gasteiger partial charge in [-0.25, -0.2) is 0 Å². The summed E-state index contributed by atoms with van der Waals surface area (Å²) < 4.78 is 5.76. The van der Waals surface area contributed by atoms with Gasteiger partial charge in [0.15, 0.2) is 0 Å². The molecule has 0 aromatic heterocycles. The highest BCUT2D eigenvalue weighted by atomic mass is 16.5. The molecule has 2 saturated heterocycles. The van der Waals surface area contributed by atoms with Crippen LogP contribution in [-0.2, 0) is 20.7 Å². The van der Waals surface area contributed by atoms with Gasteiger partial charge in [-0.2, -0.15) is 0 Å². The topological polar surface area (TPSA) is 163 Å². The Bertz CT molecular complexity index is 1540. The number of nitrogens with one attached hydrogen (secondary N) is 1. The smallest absolute Gasteiger partial charge is 0.247 e. The minimum atomic E-state index is -1.56. The summed E-state index contributed by atoms with van der Waals surface area (Å²) in [7, 11) is 0. The number of amides is 2. The van der Waals surface area contributed by atoms with Gasteiger partial charge in [0.05, 0.1) is 12.0 Å². The maximum Gasteiger partial charge on any atom is 0.247 e. The summed E-state index contributed by atoms with van der Waals surface area (Å²) in [6.45, 7) is 18.7. The third-order valence-corrected chi connectivity index (χ3v) is 10.2. The van der Waals surface area contributed by atoms with Gasteiger partial charge in [0.1, 0.15) is 41.8 Å². The second-order valence-electron chi connectivity index (χ2n) is 15.2. The van der Waals surface area contributed by atoms with E-state index in [1.807, 2.05) is 69.9 Å². The van der Waals surface area contributed by atoms with E-state index in [4.69, 9.17) is 4.74 Å². The summed E-state index contributed by atoms with van der Waals surface area (Å²) in [4.78, 5) is 30.9. The first-order chi connectivity index (χ1) is 23.4. The first-order valence-electron chi connectivity index (χ1n) is 17.7. The Balaban J connectivity index is 1.49. The number of rotatable bonds is 11. The van der Waals surface area contributed by atoms with Crippen LogP contribution >= 0.6 is 0 Å². The quantitative estimate of drug-likeness (QED) is 0.208. The molecule has 0 radical (unpaired) electrons. The number of phenols is 1. The standard InChI is InChI=1S/C39H57N3O8/c1-9-41-14-16-42(17-15-41)37(49)39(7,8)40-36(48)38(5,6)13-12-25-10-11-26(24(4)18-25)19-27-20-29(30(44)21-28(27)23(2)3)35-34(47)33(46)32(45)31(22-43)50-35/h10-13,18,20-21,23,31-35,43-47H,9,14-17,19,22H2,1-8H3,(H,40,48)/b13-12+/t31-,32-,33+,34-,35+/m1/s1. The highest BCUT2D eigenvalue weighted by Crippen LogP contribution is 2.40. The van der Waals surface area contributed by atoms with Crippen LogP contribution in [0.25, 0.3) is 6.08 Å². The van der Waals surface area contributed by atoms with Crippen LogP contribution in [0.15, 0.2) is 36.4 Å². The molecule has 0 bridgehead atoms. The molecule has 2 aromatic carbocycles. The average Bonchev–Trinajstić information content (AvgIpc) is 3.07. The van der Waals surface area contributed by atoms with Crippen LogP contribution in [0.1, 0.15) is 93.9 Å². The Kier molecular flexibility index (Phi) is 12.6. The highest BCUT2D eigenvalue weighted by molar-refractivity contribution is 5.93. The van der Waals surface area contributed by atoms with Crippen molar-refractivity contribution in [1.29, 1.82) is 0 Å². The lowest BCUT2D eigenvalue weighted by atomic mass is 9.85. The van der Waals surface area contributed by atoms with Crippen molar-refractivity contribution in [1.82, 2.24) is 15.1 Å². The van der Waals surface area contributed by atoms with E-state index in [-0.39, 0.29) is 29.0 Å². The molecule has 0 saturated carbocycles. The van der Waals surface area contributed by atoms with Gasteiger partial charge in [-0.15, -0.1) is 0 Å². The number of nitrogens with zero attached hydrogens (tertiary/aromatic N) is 2. The fourth-order valence-corrected chi connectivity index (χ4v) is 6.71. The van der Waals surface area contributed by atoms with E-state index in [2.05, 4.69) is 17.1 Å². The number of benzene rings is 2. The summed E-state index contributed by atoms with van der Waals surface area (Å²) in [5.74, 6) is -0.353. The molecule has 0 aliphatic carbocycles. The molecule has 2 amide bonds. The van der Waals surface area contributed by atoms with Gasteiger partial charge in [0.25, 0.3) is 0 Å². The number of carbonyl (C=O) groups is 2. The zero-order valence-corrected chi connectivity index (χ0v) is 30.8. The number of ether oxygens (including phenoxy) is 1. The summed E-state index contributed by atoms with van der Waals surface area (Å²) in [5.41, 5.74) is 3.11. The van der Waals surface area contributed by atoms with Gasteiger partial charge in [-0.1, -0.05) is 51.1 Å². The number of hydrogen-bond donors (Lipinski definition) is 6. The number of piperazine rings is 1. The second kappa shape index (κ2) is 15.9. The summed E-state index contributed by atoms with van der Waals surface area (Å²) in [5, 5.41) is 55.0. The van der Waals surface area contributed by atoms with Crippen molar-refractivity contribution in [2.24, 2.45) is 5.41 Å². The number of aryl methyl sites for hydroxylation is 1. The Labute approximate surface area is 296 Å². The third kappa shape index (κ3) is 8.75. The molecule has 4 rings (SSSR count). The van der Waals surface area contributed by atoms with Crippen molar-refractivity contribution < 1.29 is 39.9 Å². The minimum absolute atomic E-state index is 0.0715. The molecule has 2 aromatic rings. The minimum Gasteiger partial charge on any atom is -0.508 e. The van der Waals surface area contributed by atoms with E-state index < -0.39 is 48.1 Å². The Morgan fingerprint density at radius 3 is 2.22 bits per heavy atom. The number of aromatic hydroxyl groups is 1. The highest BCUT2D eigenvalue weighted by Gasteiger charge is 2.45. The predicted octanol–water partition coefficient (Wildman–Crippen LogP) is 3.03. The molecule has 2 heterocycles. The summed E-state index contributed by atoms with van der Waals surface area (Å²) in [6, 6.07) is 9.45. The van der Waals surface area contributed by atoms with Gasteiger partial charge in [0, 0.05) is 31.7 Å². The van der Waals surface area contributed by atoms with Crippen LogP contribution in [0.5, 0.6) is 5.75 Å². The summed E-state index contributed by atoms with van der Waals surface area (Å²) in [6.07, 6.45) is -2.54. The molecule has 2 fully saturated rings. The molecule has 2 aliphatic heterocycles. The lowest BCUT2D eigenvalue weighted by Crippen LogP contribution is -2.61. The molecule has 5 atom stereocenters. The number of hydrogen-bond acceptors (Lipinski definition) is 9. The van der Waals surface area contributed by atoms with Gasteiger partial charge >= 0.3 is 0 Å². The second-order valence-corrected chi connectivity index (χ2v) is 15.2. The lowest BCUT2D eigenvalue weighted by molar-refractivity contribution is -0.232. The average molecular weight is 696 g/mol. The molecular weight excluding hydrogens is 638 g/mol. The number of aliphatic hydroxyl groups is 4. The SMILES string of the molecule is CCN1CCN(C(=O)C(C)(C)NC(=O)C(C)(C)/C=C/c2ccc(Cc3cc([C@@H]4O[C@H](CO)[C@@H](O)[C@H](O)[C@H]4O)c(O)cc3C(C)C)c(C)c2)CC1. The molecule has 11 nitrogen and oxygen atoms in total. The van der Waals surface area contributed by atoms with Crippen molar-refractivity contribution >= 4 is 17.9 Å². The fourth-order valence-electron chi connectivity index (χ4n) is 6.71. The van der Waals surface area contributed by atoms with Crippen molar-refractivity contribution in [3.63, 3.8) is 0 Å². The first kappa shape index (κ1) is 39.5. The zero-order valence-electron chi connectivity index (χ0n) is 30.8. The van der Waals surface area contributed by atoms with E-state index in [0.29, 0.717) is 19.5 Å². The monoisotopic (exact) mass is 695 g/mol. The summed E-state index contributed by atoms with van der Waals surface area (Å²) >= 11 is 0. The number of carbonyl (C=O) groups excluding carboxylic acids is 2. The molecule has 50 heavy (non-hydrogen) atoms. The van der Waals surface area contributed by atoms with Crippen LogP contribution in [0.4, 0.5) is 0 Å². The van der Waals surface area contributed by atoms with E-state index in [1.54, 1.807) is 26.0 Å². The maximum absolute atomic E-state index is 13.4. The zero-order chi connectivity index (χ0) is 37.1. The normalized spacial score (nSPS) is 23.9. The number of likely N-dealkylation sites (N-methyl/N-ethyl adjacent to an activating group) is 1. The van der Waals surface area contributed by atoms with Crippen LogP contribution in [0.3, 0.4) is 0 Å². The van der Waals surface area contributed by atoms with Crippen LogP contribution in [0.2, 0.25) is 0 Å².